The van der Waals surface area contributed by atoms with Crippen molar-refractivity contribution < 1.29 is 17.9 Å². The number of hydrogen-bond donors (Lipinski definition) is 0. The first-order valence-corrected chi connectivity index (χ1v) is 11.8. The molecule has 3 aliphatic heterocycles. The SMILES string of the molecule is O=S(=O)(N1CCCCCC1)N1CCN(Cc2cc(Br)c3c(c2)OCO3)CC1. The zero-order valence-electron chi connectivity index (χ0n) is 15.4. The number of ether oxygens (including phenoxy) is 2. The molecule has 0 saturated carbocycles. The summed E-state index contributed by atoms with van der Waals surface area (Å²) in [6.07, 6.45) is 4.20. The van der Waals surface area contributed by atoms with Gasteiger partial charge in [0.15, 0.2) is 11.5 Å². The van der Waals surface area contributed by atoms with Gasteiger partial charge in [-0.25, -0.2) is 0 Å². The minimum absolute atomic E-state index is 0.254. The summed E-state index contributed by atoms with van der Waals surface area (Å²) in [7, 11) is -3.32. The van der Waals surface area contributed by atoms with Crippen molar-refractivity contribution in [1.29, 1.82) is 0 Å². The van der Waals surface area contributed by atoms with E-state index in [1.54, 1.807) is 8.61 Å². The van der Waals surface area contributed by atoms with Gasteiger partial charge in [0, 0.05) is 45.8 Å². The van der Waals surface area contributed by atoms with E-state index in [9.17, 15) is 8.42 Å². The lowest BCUT2D eigenvalue weighted by molar-refractivity contribution is 0.172. The van der Waals surface area contributed by atoms with Crippen LogP contribution >= 0.6 is 15.9 Å². The first kappa shape index (κ1) is 19.4. The second-order valence-electron chi connectivity index (χ2n) is 7.31. The second kappa shape index (κ2) is 8.24. The highest BCUT2D eigenvalue weighted by atomic mass is 79.9. The van der Waals surface area contributed by atoms with Crippen molar-refractivity contribution in [2.24, 2.45) is 0 Å². The smallest absolute Gasteiger partial charge is 0.282 e. The molecule has 2 fully saturated rings. The van der Waals surface area contributed by atoms with Gasteiger partial charge in [-0.15, -0.1) is 0 Å². The van der Waals surface area contributed by atoms with Gasteiger partial charge in [-0.05, 0) is 46.5 Å². The van der Waals surface area contributed by atoms with Gasteiger partial charge >= 0.3 is 0 Å². The first-order chi connectivity index (χ1) is 13.0. The molecule has 0 aromatic heterocycles. The normalized spacial score (nSPS) is 22.7. The van der Waals surface area contributed by atoms with Gasteiger partial charge in [-0.2, -0.15) is 17.0 Å². The molecule has 0 aliphatic carbocycles. The van der Waals surface area contributed by atoms with Crippen LogP contribution in [0.15, 0.2) is 16.6 Å². The van der Waals surface area contributed by atoms with E-state index in [-0.39, 0.29) is 6.79 Å². The number of hydrogen-bond acceptors (Lipinski definition) is 5. The van der Waals surface area contributed by atoms with Crippen LogP contribution in [0.3, 0.4) is 0 Å². The van der Waals surface area contributed by atoms with E-state index < -0.39 is 10.2 Å². The molecule has 9 heteroatoms. The molecule has 0 amide bonds. The number of benzene rings is 1. The topological polar surface area (TPSA) is 62.3 Å². The molecule has 3 heterocycles. The maximum absolute atomic E-state index is 12.9. The molecule has 0 atom stereocenters. The molecule has 0 spiro atoms. The number of rotatable bonds is 4. The average molecular weight is 460 g/mol. The van der Waals surface area contributed by atoms with Gasteiger partial charge in [0.2, 0.25) is 6.79 Å². The third-order valence-electron chi connectivity index (χ3n) is 5.44. The van der Waals surface area contributed by atoms with Crippen LogP contribution in [0.5, 0.6) is 11.5 Å². The number of halogens is 1. The van der Waals surface area contributed by atoms with Crippen LogP contribution in [-0.2, 0) is 16.8 Å². The van der Waals surface area contributed by atoms with Crippen molar-refractivity contribution in [1.82, 2.24) is 13.5 Å². The van der Waals surface area contributed by atoms with Crippen LogP contribution in [0.25, 0.3) is 0 Å². The molecule has 4 rings (SSSR count). The highest BCUT2D eigenvalue weighted by Gasteiger charge is 2.32. The van der Waals surface area contributed by atoms with E-state index in [2.05, 4.69) is 20.8 Å². The zero-order chi connectivity index (χ0) is 18.9. The minimum atomic E-state index is -3.32. The first-order valence-electron chi connectivity index (χ1n) is 9.59. The van der Waals surface area contributed by atoms with Gasteiger partial charge in [0.25, 0.3) is 10.2 Å². The Morgan fingerprint density at radius 3 is 2.26 bits per heavy atom. The van der Waals surface area contributed by atoms with Crippen molar-refractivity contribution in [2.75, 3.05) is 46.1 Å². The highest BCUT2D eigenvalue weighted by molar-refractivity contribution is 9.10. The predicted molar refractivity (Wildman–Crippen MR) is 106 cm³/mol. The van der Waals surface area contributed by atoms with E-state index in [0.29, 0.717) is 26.2 Å². The van der Waals surface area contributed by atoms with Crippen molar-refractivity contribution in [3.63, 3.8) is 0 Å². The summed E-state index contributed by atoms with van der Waals surface area (Å²) in [5, 5.41) is 0. The maximum Gasteiger partial charge on any atom is 0.282 e. The molecular weight excluding hydrogens is 434 g/mol. The number of piperazine rings is 1. The van der Waals surface area contributed by atoms with Gasteiger partial charge in [0.05, 0.1) is 4.47 Å². The van der Waals surface area contributed by atoms with Crippen LogP contribution in [0.1, 0.15) is 31.2 Å². The monoisotopic (exact) mass is 459 g/mol. The van der Waals surface area contributed by atoms with E-state index in [0.717, 1.165) is 66.9 Å². The molecule has 0 bridgehead atoms. The summed E-state index contributed by atoms with van der Waals surface area (Å²) < 4.78 is 41.0. The Kier molecular flexibility index (Phi) is 5.94. The van der Waals surface area contributed by atoms with Gasteiger partial charge in [-0.3, -0.25) is 4.90 Å². The summed E-state index contributed by atoms with van der Waals surface area (Å²) in [4.78, 5) is 2.29. The Morgan fingerprint density at radius 1 is 0.889 bits per heavy atom. The van der Waals surface area contributed by atoms with Crippen molar-refractivity contribution in [3.8, 4) is 11.5 Å². The molecule has 3 aliphatic rings. The largest absolute Gasteiger partial charge is 0.454 e. The molecule has 27 heavy (non-hydrogen) atoms. The fraction of sp³-hybridized carbons (Fsp3) is 0.667. The van der Waals surface area contributed by atoms with E-state index >= 15 is 0 Å². The van der Waals surface area contributed by atoms with Crippen LogP contribution in [-0.4, -0.2) is 68.0 Å². The third kappa shape index (κ3) is 4.27. The van der Waals surface area contributed by atoms with E-state index in [1.807, 2.05) is 12.1 Å². The van der Waals surface area contributed by atoms with Crippen molar-refractivity contribution >= 4 is 26.1 Å². The van der Waals surface area contributed by atoms with E-state index in [4.69, 9.17) is 9.47 Å². The summed E-state index contributed by atoms with van der Waals surface area (Å²) in [6, 6.07) is 4.06. The van der Waals surface area contributed by atoms with Crippen LogP contribution in [0.4, 0.5) is 0 Å². The second-order valence-corrected chi connectivity index (χ2v) is 10.1. The maximum atomic E-state index is 12.9. The molecule has 1 aromatic carbocycles. The molecule has 150 valence electrons. The standard InChI is InChI=1S/C18H26BrN3O4S/c19-16-11-15(12-17-18(16)26-14-25-17)13-20-7-9-22(10-8-20)27(23,24)21-5-3-1-2-4-6-21/h11-12H,1-10,13-14H2. The van der Waals surface area contributed by atoms with Crippen molar-refractivity contribution in [3.05, 3.63) is 22.2 Å². The fourth-order valence-corrected chi connectivity index (χ4v) is 6.20. The predicted octanol–water partition coefficient (Wildman–Crippen LogP) is 2.42. The van der Waals surface area contributed by atoms with Crippen LogP contribution in [0.2, 0.25) is 0 Å². The lowest BCUT2D eigenvalue weighted by Crippen LogP contribution is -2.52. The van der Waals surface area contributed by atoms with Gasteiger partial charge < -0.3 is 9.47 Å². The van der Waals surface area contributed by atoms with Gasteiger partial charge in [-0.1, -0.05) is 12.8 Å². The van der Waals surface area contributed by atoms with Gasteiger partial charge in [0.1, 0.15) is 0 Å². The molecular formula is C18H26BrN3O4S. The van der Waals surface area contributed by atoms with E-state index in [1.165, 1.54) is 0 Å². The van der Waals surface area contributed by atoms with Crippen molar-refractivity contribution in [2.45, 2.75) is 32.2 Å². The number of nitrogens with zero attached hydrogens (tertiary/aromatic N) is 3. The molecule has 0 radical (unpaired) electrons. The Balaban J connectivity index is 1.36. The molecule has 7 nitrogen and oxygen atoms in total. The summed E-state index contributed by atoms with van der Waals surface area (Å²) >= 11 is 3.53. The molecule has 0 N–H and O–H groups in total. The lowest BCUT2D eigenvalue weighted by atomic mass is 10.2. The molecule has 1 aromatic rings. The lowest BCUT2D eigenvalue weighted by Gasteiger charge is -2.36. The molecule has 2 saturated heterocycles. The Labute approximate surface area is 169 Å². The summed E-state index contributed by atoms with van der Waals surface area (Å²) in [6.45, 7) is 4.91. The Bertz CT molecular complexity index is 773. The molecule has 0 unspecified atom stereocenters. The fourth-order valence-electron chi connectivity index (χ4n) is 3.92. The number of fused-ring (bicyclic) bond motifs is 1. The van der Waals surface area contributed by atoms with Crippen LogP contribution < -0.4 is 9.47 Å². The average Bonchev–Trinajstić information content (AvgIpc) is 2.95. The quantitative estimate of drug-likeness (QED) is 0.691. The Morgan fingerprint density at radius 2 is 1.56 bits per heavy atom. The summed E-state index contributed by atoms with van der Waals surface area (Å²) in [5.41, 5.74) is 1.13. The summed E-state index contributed by atoms with van der Waals surface area (Å²) in [5.74, 6) is 1.52. The van der Waals surface area contributed by atoms with Crippen LogP contribution in [0, 0.1) is 0 Å². The zero-order valence-corrected chi connectivity index (χ0v) is 17.8. The highest BCUT2D eigenvalue weighted by Crippen LogP contribution is 2.40. The minimum Gasteiger partial charge on any atom is -0.454 e. The third-order valence-corrected chi connectivity index (χ3v) is 8.07. The Hall–Kier alpha value is -0.870.